The molecule has 1 aromatic heterocycles. The number of halogens is 1. The zero-order valence-electron chi connectivity index (χ0n) is 8.00. The van der Waals surface area contributed by atoms with Crippen molar-refractivity contribution in [3.05, 3.63) is 16.4 Å². The molecule has 0 bridgehead atoms. The molecule has 0 fully saturated rings. The summed E-state index contributed by atoms with van der Waals surface area (Å²) in [6, 6.07) is 0. The number of aromatic nitrogens is 2. The average molecular weight is 247 g/mol. The van der Waals surface area contributed by atoms with Crippen LogP contribution in [0.4, 0.5) is 0 Å². The van der Waals surface area contributed by atoms with E-state index in [-0.39, 0.29) is 6.10 Å². The van der Waals surface area contributed by atoms with Crippen molar-refractivity contribution in [3.63, 3.8) is 0 Å². The summed E-state index contributed by atoms with van der Waals surface area (Å²) in [5.74, 6) is 0. The minimum atomic E-state index is -0.243. The summed E-state index contributed by atoms with van der Waals surface area (Å²) in [6.45, 7) is 4.74. The predicted octanol–water partition coefficient (Wildman–Crippen LogP) is 1.98. The fourth-order valence-electron chi connectivity index (χ4n) is 1.25. The number of aliphatic hydroxyl groups excluding tert-OH is 1. The second kappa shape index (κ2) is 4.77. The van der Waals surface area contributed by atoms with Gasteiger partial charge in [0.15, 0.2) is 0 Å². The summed E-state index contributed by atoms with van der Waals surface area (Å²) >= 11 is 3.44. The summed E-state index contributed by atoms with van der Waals surface area (Å²) < 4.78 is 2.99. The summed E-state index contributed by atoms with van der Waals surface area (Å²) in [7, 11) is 0. The SMILES string of the molecule is CCn1ncc(Br)c1CCC(C)O. The Balaban J connectivity index is 2.68. The summed E-state index contributed by atoms with van der Waals surface area (Å²) in [5, 5.41) is 13.4. The van der Waals surface area contributed by atoms with Gasteiger partial charge in [-0.15, -0.1) is 0 Å². The number of hydrogen-bond donors (Lipinski definition) is 1. The first kappa shape index (κ1) is 10.7. The summed E-state index contributed by atoms with van der Waals surface area (Å²) in [5.41, 5.74) is 1.17. The van der Waals surface area contributed by atoms with Crippen LogP contribution in [0.2, 0.25) is 0 Å². The zero-order chi connectivity index (χ0) is 9.84. The quantitative estimate of drug-likeness (QED) is 0.883. The minimum Gasteiger partial charge on any atom is -0.393 e. The minimum absolute atomic E-state index is 0.243. The fourth-order valence-corrected chi connectivity index (χ4v) is 1.75. The molecule has 1 atom stereocenters. The molecule has 0 saturated carbocycles. The molecule has 1 N–H and O–H groups in total. The molecule has 0 aliphatic carbocycles. The molecular formula is C9H15BrN2O. The maximum Gasteiger partial charge on any atom is 0.0635 e. The molecule has 0 aromatic carbocycles. The van der Waals surface area contributed by atoms with Gasteiger partial charge in [-0.1, -0.05) is 0 Å². The van der Waals surface area contributed by atoms with Crippen molar-refractivity contribution in [3.8, 4) is 0 Å². The van der Waals surface area contributed by atoms with E-state index in [1.807, 2.05) is 4.68 Å². The molecule has 13 heavy (non-hydrogen) atoms. The standard InChI is InChI=1S/C9H15BrN2O/c1-3-12-9(5-4-7(2)13)8(10)6-11-12/h6-7,13H,3-5H2,1-2H3. The van der Waals surface area contributed by atoms with Crippen LogP contribution in [0.25, 0.3) is 0 Å². The Morgan fingerprint density at radius 3 is 2.92 bits per heavy atom. The molecule has 4 heteroatoms. The Kier molecular flexibility index (Phi) is 3.93. The van der Waals surface area contributed by atoms with Crippen LogP contribution >= 0.6 is 15.9 Å². The van der Waals surface area contributed by atoms with Gasteiger partial charge < -0.3 is 5.11 Å². The largest absolute Gasteiger partial charge is 0.393 e. The zero-order valence-corrected chi connectivity index (χ0v) is 9.58. The highest BCUT2D eigenvalue weighted by atomic mass is 79.9. The van der Waals surface area contributed by atoms with Gasteiger partial charge in [-0.2, -0.15) is 5.10 Å². The lowest BCUT2D eigenvalue weighted by Gasteiger charge is -2.06. The van der Waals surface area contributed by atoms with E-state index in [2.05, 4.69) is 28.0 Å². The van der Waals surface area contributed by atoms with Gasteiger partial charge in [0.2, 0.25) is 0 Å². The smallest absolute Gasteiger partial charge is 0.0635 e. The van der Waals surface area contributed by atoms with Crippen molar-refractivity contribution in [1.82, 2.24) is 9.78 Å². The first-order valence-electron chi connectivity index (χ1n) is 4.53. The van der Waals surface area contributed by atoms with E-state index < -0.39 is 0 Å². The molecule has 0 saturated heterocycles. The lowest BCUT2D eigenvalue weighted by atomic mass is 10.2. The lowest BCUT2D eigenvalue weighted by molar-refractivity contribution is 0.184. The highest BCUT2D eigenvalue weighted by molar-refractivity contribution is 9.10. The van der Waals surface area contributed by atoms with Gasteiger partial charge in [-0.3, -0.25) is 4.68 Å². The number of hydrogen-bond acceptors (Lipinski definition) is 2. The van der Waals surface area contributed by atoms with Crippen LogP contribution in [0.5, 0.6) is 0 Å². The van der Waals surface area contributed by atoms with Crippen molar-refractivity contribution in [1.29, 1.82) is 0 Å². The lowest BCUT2D eigenvalue weighted by Crippen LogP contribution is -2.07. The molecule has 0 aliphatic heterocycles. The number of aliphatic hydroxyl groups is 1. The number of nitrogens with zero attached hydrogens (tertiary/aromatic N) is 2. The molecule has 0 amide bonds. The Morgan fingerprint density at radius 2 is 2.38 bits per heavy atom. The van der Waals surface area contributed by atoms with Gasteiger partial charge in [0, 0.05) is 6.54 Å². The molecule has 1 heterocycles. The van der Waals surface area contributed by atoms with Crippen LogP contribution in [0.15, 0.2) is 10.7 Å². The number of rotatable bonds is 4. The van der Waals surface area contributed by atoms with Gasteiger partial charge in [-0.25, -0.2) is 0 Å². The van der Waals surface area contributed by atoms with Crippen molar-refractivity contribution in [2.24, 2.45) is 0 Å². The van der Waals surface area contributed by atoms with Gasteiger partial charge in [-0.05, 0) is 42.6 Å². The van der Waals surface area contributed by atoms with Gasteiger partial charge in [0.05, 0.1) is 22.5 Å². The molecular weight excluding hydrogens is 232 g/mol. The molecule has 1 unspecified atom stereocenters. The Bertz CT molecular complexity index is 271. The Hall–Kier alpha value is -0.350. The van der Waals surface area contributed by atoms with E-state index >= 15 is 0 Å². The highest BCUT2D eigenvalue weighted by Gasteiger charge is 2.08. The topological polar surface area (TPSA) is 38.0 Å². The molecule has 0 spiro atoms. The van der Waals surface area contributed by atoms with E-state index in [4.69, 9.17) is 5.11 Å². The fraction of sp³-hybridized carbons (Fsp3) is 0.667. The van der Waals surface area contributed by atoms with E-state index in [1.165, 1.54) is 5.69 Å². The van der Waals surface area contributed by atoms with Crippen molar-refractivity contribution in [2.45, 2.75) is 39.3 Å². The van der Waals surface area contributed by atoms with E-state index in [0.717, 1.165) is 23.9 Å². The Morgan fingerprint density at radius 1 is 1.69 bits per heavy atom. The summed E-state index contributed by atoms with van der Waals surface area (Å²) in [4.78, 5) is 0. The van der Waals surface area contributed by atoms with Crippen LogP contribution in [0.3, 0.4) is 0 Å². The van der Waals surface area contributed by atoms with E-state index in [1.54, 1.807) is 13.1 Å². The average Bonchev–Trinajstić information content (AvgIpc) is 2.43. The van der Waals surface area contributed by atoms with Gasteiger partial charge in [0.25, 0.3) is 0 Å². The molecule has 0 radical (unpaired) electrons. The number of aryl methyl sites for hydroxylation is 1. The predicted molar refractivity (Wildman–Crippen MR) is 55.6 cm³/mol. The summed E-state index contributed by atoms with van der Waals surface area (Å²) in [6.07, 6.45) is 3.21. The maximum absolute atomic E-state index is 9.16. The van der Waals surface area contributed by atoms with E-state index in [0.29, 0.717) is 0 Å². The van der Waals surface area contributed by atoms with E-state index in [9.17, 15) is 0 Å². The van der Waals surface area contributed by atoms with Crippen molar-refractivity contribution < 1.29 is 5.11 Å². The molecule has 1 aromatic rings. The molecule has 74 valence electrons. The monoisotopic (exact) mass is 246 g/mol. The van der Waals surface area contributed by atoms with Crippen molar-refractivity contribution >= 4 is 15.9 Å². The first-order chi connectivity index (χ1) is 6.15. The van der Waals surface area contributed by atoms with Crippen LogP contribution in [0, 0.1) is 0 Å². The molecule has 1 rings (SSSR count). The van der Waals surface area contributed by atoms with Gasteiger partial charge >= 0.3 is 0 Å². The van der Waals surface area contributed by atoms with Crippen LogP contribution < -0.4 is 0 Å². The normalized spacial score (nSPS) is 13.2. The van der Waals surface area contributed by atoms with Crippen LogP contribution in [-0.4, -0.2) is 21.0 Å². The van der Waals surface area contributed by atoms with Crippen LogP contribution in [-0.2, 0) is 13.0 Å². The van der Waals surface area contributed by atoms with Crippen molar-refractivity contribution in [2.75, 3.05) is 0 Å². The van der Waals surface area contributed by atoms with Crippen LogP contribution in [0.1, 0.15) is 26.0 Å². The molecule has 0 aliphatic rings. The third-order valence-corrected chi connectivity index (χ3v) is 2.66. The third-order valence-electron chi connectivity index (χ3n) is 2.00. The highest BCUT2D eigenvalue weighted by Crippen LogP contribution is 2.18. The third kappa shape index (κ3) is 2.81. The molecule has 3 nitrogen and oxygen atoms in total. The Labute approximate surface area is 86.9 Å². The second-order valence-electron chi connectivity index (χ2n) is 3.14. The van der Waals surface area contributed by atoms with Gasteiger partial charge in [0.1, 0.15) is 0 Å². The maximum atomic E-state index is 9.16. The second-order valence-corrected chi connectivity index (χ2v) is 4.00. The first-order valence-corrected chi connectivity index (χ1v) is 5.32.